The lowest BCUT2D eigenvalue weighted by Crippen LogP contribution is -2.45. The van der Waals surface area contributed by atoms with Crippen molar-refractivity contribution in [3.05, 3.63) is 45.9 Å². The van der Waals surface area contributed by atoms with Crippen LogP contribution in [0.3, 0.4) is 0 Å². The van der Waals surface area contributed by atoms with Gasteiger partial charge in [0.15, 0.2) is 0 Å². The summed E-state index contributed by atoms with van der Waals surface area (Å²) in [6.45, 7) is 16.1. The van der Waals surface area contributed by atoms with Gasteiger partial charge in [-0.2, -0.15) is 13.2 Å². The first kappa shape index (κ1) is 38.1. The number of alkyl halides is 3. The molecule has 0 radical (unpaired) electrons. The Morgan fingerprint density at radius 1 is 0.978 bits per heavy atom. The van der Waals surface area contributed by atoms with Gasteiger partial charge in [0.05, 0.1) is 44.0 Å². The smallest absolute Gasteiger partial charge is 0.416 e. The average molecular weight is 642 g/mol. The van der Waals surface area contributed by atoms with Gasteiger partial charge < -0.3 is 23.8 Å². The van der Waals surface area contributed by atoms with Crippen molar-refractivity contribution in [2.45, 2.75) is 125 Å². The maximum absolute atomic E-state index is 12.9. The molecule has 0 spiro atoms. The number of nitrogens with zero attached hydrogens (tertiary/aromatic N) is 2. The largest absolute Gasteiger partial charge is 0.501 e. The molecule has 3 aliphatic heterocycles. The molecule has 1 fully saturated rings. The lowest BCUT2D eigenvalue weighted by molar-refractivity contribution is -0.146. The molecule has 1 aliphatic carbocycles. The minimum Gasteiger partial charge on any atom is -0.501 e. The van der Waals surface area contributed by atoms with Gasteiger partial charge in [0.1, 0.15) is 17.5 Å². The van der Waals surface area contributed by atoms with E-state index in [1.807, 2.05) is 53.4 Å². The highest BCUT2D eigenvalue weighted by Crippen LogP contribution is 2.35. The molecular weight excluding hydrogens is 591 g/mol. The summed E-state index contributed by atoms with van der Waals surface area (Å²) in [5.41, 5.74) is 2.45. The van der Waals surface area contributed by atoms with E-state index in [0.717, 1.165) is 54.4 Å². The molecule has 0 saturated carbocycles. The topological polar surface area (TPSA) is 99.2 Å². The van der Waals surface area contributed by atoms with Crippen molar-refractivity contribution in [2.24, 2.45) is 0 Å². The Morgan fingerprint density at radius 3 is 2.22 bits per heavy atom. The number of likely N-dealkylation sites (tertiary alicyclic amines) is 1. The highest BCUT2D eigenvalue weighted by atomic mass is 19.4. The average Bonchev–Trinajstić information content (AvgIpc) is 3.53. The van der Waals surface area contributed by atoms with Gasteiger partial charge in [-0.1, -0.05) is 33.8 Å². The molecule has 4 heterocycles. The summed E-state index contributed by atoms with van der Waals surface area (Å²) in [7, 11) is 1.38. The number of carbonyl (C=O) groups excluding carboxylic acids is 2. The lowest BCUT2D eigenvalue weighted by atomic mass is 9.94. The third kappa shape index (κ3) is 11.0. The van der Waals surface area contributed by atoms with Gasteiger partial charge in [0, 0.05) is 31.5 Å². The Kier molecular flexibility index (Phi) is 14.8. The standard InChI is InChI=1S/C21H29N3O5.C8H9F3O.2C2H6/c1-21(2,3)29-20(26)23-18-15-11-27-10-14(15)13-9-17(28-12-16(13)22-18)19(25)24-7-5-4-6-8-24;1-12-7-4-2-3-6(5-7)8(9,10)11;2*1-2/h17H,4-12H2,1-3H3,(H,22,23,26);3,5H,2,4H2,1H3;2*1-2H3. The Hall–Kier alpha value is -3.12. The number of hydrogen-bond acceptors (Lipinski definition) is 7. The first-order valence-corrected chi connectivity index (χ1v) is 15.9. The van der Waals surface area contributed by atoms with E-state index in [0.29, 0.717) is 44.1 Å². The fraction of sp³-hybridized carbons (Fsp3) is 0.667. The Bertz CT molecular complexity index is 1200. The van der Waals surface area contributed by atoms with Crippen molar-refractivity contribution < 1.29 is 41.7 Å². The van der Waals surface area contributed by atoms with Crippen molar-refractivity contribution in [1.29, 1.82) is 0 Å². The minimum atomic E-state index is -4.25. The number of rotatable bonds is 3. The molecule has 0 aromatic carbocycles. The second-order valence-electron chi connectivity index (χ2n) is 11.4. The van der Waals surface area contributed by atoms with E-state index in [4.69, 9.17) is 18.9 Å². The van der Waals surface area contributed by atoms with Crippen LogP contribution in [0.4, 0.5) is 23.8 Å². The third-order valence-corrected chi connectivity index (χ3v) is 7.14. The maximum atomic E-state index is 12.9. The van der Waals surface area contributed by atoms with Gasteiger partial charge in [-0.05, 0) is 63.7 Å². The summed E-state index contributed by atoms with van der Waals surface area (Å²) in [5.74, 6) is 0.915. The Morgan fingerprint density at radius 2 is 1.62 bits per heavy atom. The van der Waals surface area contributed by atoms with E-state index in [2.05, 4.69) is 10.3 Å². The molecule has 2 amide bonds. The first-order chi connectivity index (χ1) is 21.4. The van der Waals surface area contributed by atoms with Crippen LogP contribution >= 0.6 is 0 Å². The number of methoxy groups -OCH3 is 1. The number of fused-ring (bicyclic) bond motifs is 3. The van der Waals surface area contributed by atoms with Crippen LogP contribution in [0.2, 0.25) is 0 Å². The number of allylic oxidation sites excluding steroid dienone is 4. The third-order valence-electron chi connectivity index (χ3n) is 7.14. The Labute approximate surface area is 265 Å². The highest BCUT2D eigenvalue weighted by molar-refractivity contribution is 5.85. The summed E-state index contributed by atoms with van der Waals surface area (Å²) in [4.78, 5) is 31.6. The predicted octanol–water partition coefficient (Wildman–Crippen LogP) is 7.76. The number of hydrogen-bond donors (Lipinski definition) is 1. The van der Waals surface area contributed by atoms with Gasteiger partial charge >= 0.3 is 12.3 Å². The van der Waals surface area contributed by atoms with Gasteiger partial charge in [-0.15, -0.1) is 0 Å². The van der Waals surface area contributed by atoms with E-state index in [-0.39, 0.29) is 12.5 Å². The van der Waals surface area contributed by atoms with E-state index < -0.39 is 29.5 Å². The van der Waals surface area contributed by atoms with Crippen LogP contribution in [-0.2, 0) is 50.0 Å². The number of carbonyl (C=O) groups is 2. The zero-order valence-electron chi connectivity index (χ0n) is 28.0. The van der Waals surface area contributed by atoms with E-state index in [9.17, 15) is 22.8 Å². The van der Waals surface area contributed by atoms with Crippen LogP contribution in [0.1, 0.15) is 103 Å². The predicted molar refractivity (Wildman–Crippen MR) is 166 cm³/mol. The van der Waals surface area contributed by atoms with E-state index in [1.165, 1.54) is 19.6 Å². The molecule has 1 saturated heterocycles. The molecule has 5 rings (SSSR count). The monoisotopic (exact) mass is 641 g/mol. The fourth-order valence-corrected chi connectivity index (χ4v) is 5.15. The molecule has 12 heteroatoms. The van der Waals surface area contributed by atoms with Gasteiger partial charge in [0.25, 0.3) is 5.91 Å². The highest BCUT2D eigenvalue weighted by Gasteiger charge is 2.35. The van der Waals surface area contributed by atoms with Crippen LogP contribution < -0.4 is 5.32 Å². The second kappa shape index (κ2) is 17.5. The van der Waals surface area contributed by atoms with Crippen molar-refractivity contribution in [1.82, 2.24) is 9.88 Å². The van der Waals surface area contributed by atoms with Crippen molar-refractivity contribution in [2.75, 3.05) is 25.5 Å². The summed E-state index contributed by atoms with van der Waals surface area (Å²) < 4.78 is 57.9. The number of anilines is 1. The fourth-order valence-electron chi connectivity index (χ4n) is 5.15. The molecule has 1 aromatic heterocycles. The van der Waals surface area contributed by atoms with Crippen LogP contribution in [0.15, 0.2) is 23.5 Å². The molecular formula is C33H50F3N3O6. The Balaban J connectivity index is 0.000000370. The zero-order valence-corrected chi connectivity index (χ0v) is 28.0. The van der Waals surface area contributed by atoms with Crippen LogP contribution in [-0.4, -0.2) is 60.0 Å². The maximum Gasteiger partial charge on any atom is 0.416 e. The normalized spacial score (nSPS) is 18.9. The van der Waals surface area contributed by atoms with Gasteiger partial charge in [0.2, 0.25) is 0 Å². The molecule has 1 atom stereocenters. The summed E-state index contributed by atoms with van der Waals surface area (Å²) in [6, 6.07) is 0. The van der Waals surface area contributed by atoms with Crippen molar-refractivity contribution >= 4 is 17.8 Å². The minimum absolute atomic E-state index is 0.0685. The van der Waals surface area contributed by atoms with Crippen molar-refractivity contribution in [3.8, 4) is 0 Å². The molecule has 1 unspecified atom stereocenters. The quantitative estimate of drug-likeness (QED) is 0.360. The molecule has 4 aliphatic rings. The number of halogens is 3. The number of piperidine rings is 1. The van der Waals surface area contributed by atoms with Gasteiger partial charge in [-0.25, -0.2) is 9.78 Å². The SMILES string of the molecule is CC.CC.CC(C)(C)OC(=O)Nc1nc2c(c3c1COC3)CC(C(=O)N1CCCCC1)OC2.COC1=CC(C(F)(F)F)=CCC1. The summed E-state index contributed by atoms with van der Waals surface area (Å²) in [5, 5.41) is 2.75. The molecule has 9 nitrogen and oxygen atoms in total. The van der Waals surface area contributed by atoms with E-state index >= 15 is 0 Å². The van der Waals surface area contributed by atoms with Crippen LogP contribution in [0.25, 0.3) is 0 Å². The lowest BCUT2D eigenvalue weighted by Gasteiger charge is -2.33. The van der Waals surface area contributed by atoms with E-state index in [1.54, 1.807) is 0 Å². The molecule has 1 N–H and O–H groups in total. The molecule has 254 valence electrons. The first-order valence-electron chi connectivity index (χ1n) is 15.9. The van der Waals surface area contributed by atoms with Crippen molar-refractivity contribution in [3.63, 3.8) is 0 Å². The summed E-state index contributed by atoms with van der Waals surface area (Å²) in [6.07, 6.45) is 1.70. The van der Waals surface area contributed by atoms with Crippen LogP contribution in [0, 0.1) is 0 Å². The number of pyridine rings is 1. The number of ether oxygens (including phenoxy) is 4. The number of aromatic nitrogens is 1. The zero-order chi connectivity index (χ0) is 33.8. The molecule has 45 heavy (non-hydrogen) atoms. The second-order valence-corrected chi connectivity index (χ2v) is 11.4. The summed E-state index contributed by atoms with van der Waals surface area (Å²) >= 11 is 0. The molecule has 1 aromatic rings. The molecule has 0 bridgehead atoms. The van der Waals surface area contributed by atoms with Crippen LogP contribution in [0.5, 0.6) is 0 Å². The number of nitrogens with one attached hydrogen (secondary N) is 1. The van der Waals surface area contributed by atoms with Gasteiger partial charge in [-0.3, -0.25) is 10.1 Å². The number of amides is 2.